The highest BCUT2D eigenvalue weighted by molar-refractivity contribution is 14.1. The minimum atomic E-state index is -4.68. The Morgan fingerprint density at radius 1 is 1.31 bits per heavy atom. The molecule has 13 heavy (non-hydrogen) atoms. The minimum absolute atomic E-state index is 0.238. The Morgan fingerprint density at radius 2 is 1.92 bits per heavy atom. The first-order valence-corrected chi connectivity index (χ1v) is 4.55. The lowest BCUT2D eigenvalue weighted by Crippen LogP contribution is -2.17. The second-order valence-electron chi connectivity index (χ2n) is 2.10. The molecule has 0 heterocycles. The molecule has 0 amide bonds. The molecule has 0 aliphatic heterocycles. The van der Waals surface area contributed by atoms with Gasteiger partial charge in [-0.05, 0) is 34.7 Å². The van der Waals surface area contributed by atoms with Gasteiger partial charge in [0.25, 0.3) is 0 Å². The molecule has 1 aromatic rings. The summed E-state index contributed by atoms with van der Waals surface area (Å²) in [6.45, 7) is 0. The first kappa shape index (κ1) is 10.9. The normalized spacial score (nSPS) is 11.5. The van der Waals surface area contributed by atoms with Crippen molar-refractivity contribution in [1.29, 1.82) is 0 Å². The monoisotopic (exact) mass is 322 g/mol. The zero-order valence-electron chi connectivity index (χ0n) is 6.03. The highest BCUT2D eigenvalue weighted by Gasteiger charge is 2.32. The summed E-state index contributed by atoms with van der Waals surface area (Å²) in [4.78, 5) is 0. The number of alkyl halides is 3. The van der Waals surface area contributed by atoms with E-state index >= 15 is 0 Å². The molecule has 1 rings (SSSR count). The van der Waals surface area contributed by atoms with Crippen molar-refractivity contribution in [3.05, 3.63) is 26.8 Å². The molecule has 0 bridgehead atoms. The van der Waals surface area contributed by atoms with Crippen LogP contribution in [0.4, 0.5) is 13.2 Å². The highest BCUT2D eigenvalue weighted by atomic mass is 127. The Kier molecular flexibility index (Phi) is 3.28. The van der Waals surface area contributed by atoms with Crippen molar-refractivity contribution in [2.75, 3.05) is 0 Å². The average Bonchev–Trinajstić information content (AvgIpc) is 1.96. The standard InChI is InChI=1S/C7H3ClF3IO/c8-4-2-1-3-5(6(4)12)13-7(9,10)11/h1-3H. The molecule has 0 fully saturated rings. The van der Waals surface area contributed by atoms with Crippen molar-refractivity contribution in [2.24, 2.45) is 0 Å². The number of halogens is 5. The summed E-state index contributed by atoms with van der Waals surface area (Å²) in [7, 11) is 0. The number of benzene rings is 1. The van der Waals surface area contributed by atoms with Crippen molar-refractivity contribution < 1.29 is 17.9 Å². The molecule has 0 spiro atoms. The molecular formula is C7H3ClF3IO. The molecule has 6 heteroatoms. The van der Waals surface area contributed by atoms with Crippen LogP contribution in [0.2, 0.25) is 5.02 Å². The first-order valence-electron chi connectivity index (χ1n) is 3.10. The molecule has 0 saturated carbocycles. The van der Waals surface area contributed by atoms with Crippen LogP contribution in [0.5, 0.6) is 5.75 Å². The van der Waals surface area contributed by atoms with E-state index in [4.69, 9.17) is 11.6 Å². The van der Waals surface area contributed by atoms with Crippen molar-refractivity contribution >= 4 is 34.2 Å². The lowest BCUT2D eigenvalue weighted by atomic mass is 10.3. The van der Waals surface area contributed by atoms with Gasteiger partial charge < -0.3 is 4.74 Å². The van der Waals surface area contributed by atoms with Crippen LogP contribution in [0.1, 0.15) is 0 Å². The lowest BCUT2D eigenvalue weighted by molar-refractivity contribution is -0.274. The summed E-state index contributed by atoms with van der Waals surface area (Å²) in [5, 5.41) is 0.238. The summed E-state index contributed by atoms with van der Waals surface area (Å²) in [6.07, 6.45) is -4.68. The van der Waals surface area contributed by atoms with Gasteiger partial charge in [0.15, 0.2) is 0 Å². The molecule has 1 nitrogen and oxygen atoms in total. The fourth-order valence-electron chi connectivity index (χ4n) is 0.688. The van der Waals surface area contributed by atoms with E-state index in [9.17, 15) is 13.2 Å². The maximum atomic E-state index is 11.8. The van der Waals surface area contributed by atoms with E-state index in [1.54, 1.807) is 22.6 Å². The third kappa shape index (κ3) is 3.22. The van der Waals surface area contributed by atoms with Gasteiger partial charge in [0.05, 0.1) is 8.59 Å². The number of hydrogen-bond donors (Lipinski definition) is 0. The van der Waals surface area contributed by atoms with Crippen LogP contribution in [0.3, 0.4) is 0 Å². The zero-order chi connectivity index (χ0) is 10.1. The topological polar surface area (TPSA) is 9.23 Å². The van der Waals surface area contributed by atoms with E-state index in [2.05, 4.69) is 4.74 Å². The van der Waals surface area contributed by atoms with E-state index in [-0.39, 0.29) is 14.3 Å². The molecule has 0 unspecified atom stereocenters. The van der Waals surface area contributed by atoms with Gasteiger partial charge in [-0.25, -0.2) is 0 Å². The maximum absolute atomic E-state index is 11.8. The zero-order valence-corrected chi connectivity index (χ0v) is 8.94. The summed E-state index contributed by atoms with van der Waals surface area (Å²) < 4.78 is 39.3. The van der Waals surface area contributed by atoms with Gasteiger partial charge in [-0.2, -0.15) is 0 Å². The van der Waals surface area contributed by atoms with E-state index < -0.39 is 6.36 Å². The van der Waals surface area contributed by atoms with E-state index in [1.807, 2.05) is 0 Å². The summed E-state index contributed by atoms with van der Waals surface area (Å²) in [6, 6.07) is 4.10. The van der Waals surface area contributed by atoms with Gasteiger partial charge in [-0.3, -0.25) is 0 Å². The molecule has 0 aliphatic rings. The van der Waals surface area contributed by atoms with Crippen LogP contribution in [0, 0.1) is 3.57 Å². The predicted octanol–water partition coefficient (Wildman–Crippen LogP) is 3.84. The molecule has 1 aromatic carbocycles. The van der Waals surface area contributed by atoms with Gasteiger partial charge in [-0.15, -0.1) is 13.2 Å². The maximum Gasteiger partial charge on any atom is 0.573 e. The Bertz CT molecular complexity index is 313. The van der Waals surface area contributed by atoms with Crippen LogP contribution in [0.15, 0.2) is 18.2 Å². The predicted molar refractivity (Wildman–Crippen MR) is 50.9 cm³/mol. The Balaban J connectivity index is 2.96. The number of ether oxygens (including phenoxy) is 1. The molecule has 0 atom stereocenters. The van der Waals surface area contributed by atoms with Crippen molar-refractivity contribution in [3.63, 3.8) is 0 Å². The third-order valence-corrected chi connectivity index (χ3v) is 2.89. The molecule has 0 aromatic heterocycles. The van der Waals surface area contributed by atoms with Gasteiger partial charge in [-0.1, -0.05) is 17.7 Å². The van der Waals surface area contributed by atoms with E-state index in [0.717, 1.165) is 0 Å². The Hall–Kier alpha value is -0.170. The number of hydrogen-bond acceptors (Lipinski definition) is 1. The Labute approximate surface area is 91.0 Å². The minimum Gasteiger partial charge on any atom is -0.405 e. The van der Waals surface area contributed by atoms with Crippen molar-refractivity contribution in [1.82, 2.24) is 0 Å². The first-order chi connectivity index (χ1) is 5.90. The van der Waals surface area contributed by atoms with Crippen LogP contribution in [0.25, 0.3) is 0 Å². The van der Waals surface area contributed by atoms with E-state index in [1.165, 1.54) is 18.2 Å². The molecule has 0 radical (unpaired) electrons. The quantitative estimate of drug-likeness (QED) is 0.714. The third-order valence-electron chi connectivity index (χ3n) is 1.14. The van der Waals surface area contributed by atoms with Crippen LogP contribution >= 0.6 is 34.2 Å². The molecule has 72 valence electrons. The fourth-order valence-corrected chi connectivity index (χ4v) is 1.32. The fraction of sp³-hybridized carbons (Fsp3) is 0.143. The van der Waals surface area contributed by atoms with Gasteiger partial charge in [0.1, 0.15) is 5.75 Å². The summed E-state index contributed by atoms with van der Waals surface area (Å²) in [5.74, 6) is -0.277. The molecule has 0 N–H and O–H groups in total. The van der Waals surface area contributed by atoms with Crippen molar-refractivity contribution in [3.8, 4) is 5.75 Å². The summed E-state index contributed by atoms with van der Waals surface area (Å²) in [5.41, 5.74) is 0. The van der Waals surface area contributed by atoms with E-state index in [0.29, 0.717) is 0 Å². The molecule has 0 aliphatic carbocycles. The van der Waals surface area contributed by atoms with Crippen molar-refractivity contribution in [2.45, 2.75) is 6.36 Å². The smallest absolute Gasteiger partial charge is 0.405 e. The highest BCUT2D eigenvalue weighted by Crippen LogP contribution is 2.31. The largest absolute Gasteiger partial charge is 0.573 e. The van der Waals surface area contributed by atoms with Crippen LogP contribution in [-0.4, -0.2) is 6.36 Å². The van der Waals surface area contributed by atoms with Gasteiger partial charge >= 0.3 is 6.36 Å². The molecular weight excluding hydrogens is 319 g/mol. The van der Waals surface area contributed by atoms with Gasteiger partial charge in [0, 0.05) is 0 Å². The average molecular weight is 322 g/mol. The SMILES string of the molecule is FC(F)(F)Oc1cccc(Cl)c1I. The summed E-state index contributed by atoms with van der Waals surface area (Å²) >= 11 is 7.28. The Morgan fingerprint density at radius 3 is 2.46 bits per heavy atom. The second kappa shape index (κ2) is 3.91. The van der Waals surface area contributed by atoms with Crippen LogP contribution < -0.4 is 4.74 Å². The van der Waals surface area contributed by atoms with Gasteiger partial charge in [0.2, 0.25) is 0 Å². The second-order valence-corrected chi connectivity index (χ2v) is 3.59. The number of rotatable bonds is 1. The molecule has 0 saturated heterocycles. The van der Waals surface area contributed by atoms with Crippen LogP contribution in [-0.2, 0) is 0 Å². The lowest BCUT2D eigenvalue weighted by Gasteiger charge is -2.10.